The lowest BCUT2D eigenvalue weighted by molar-refractivity contribution is -0.133. The number of ether oxygens (including phenoxy) is 1. The summed E-state index contributed by atoms with van der Waals surface area (Å²) >= 11 is 0. The molecule has 1 saturated heterocycles. The predicted octanol–water partition coefficient (Wildman–Crippen LogP) is 1.32. The van der Waals surface area contributed by atoms with E-state index in [0.29, 0.717) is 18.7 Å². The molecular weight excluding hydrogens is 306 g/mol. The van der Waals surface area contributed by atoms with Crippen molar-refractivity contribution < 1.29 is 14.3 Å². The first kappa shape index (κ1) is 16.8. The van der Waals surface area contributed by atoms with Gasteiger partial charge in [-0.1, -0.05) is 6.07 Å². The molecule has 0 bridgehead atoms. The highest BCUT2D eigenvalue weighted by molar-refractivity contribution is 6.02. The van der Waals surface area contributed by atoms with Crippen molar-refractivity contribution >= 4 is 17.5 Å². The summed E-state index contributed by atoms with van der Waals surface area (Å²) in [5.74, 6) is 0.691. The van der Waals surface area contributed by atoms with Crippen molar-refractivity contribution in [3.63, 3.8) is 0 Å². The molecule has 24 heavy (non-hydrogen) atoms. The second kappa shape index (κ2) is 6.43. The van der Waals surface area contributed by atoms with Gasteiger partial charge in [0.25, 0.3) is 5.91 Å². The highest BCUT2D eigenvalue weighted by atomic mass is 16.5. The van der Waals surface area contributed by atoms with E-state index in [1.54, 1.807) is 18.7 Å². The molecule has 0 atom stereocenters. The highest BCUT2D eigenvalue weighted by Crippen LogP contribution is 2.38. The van der Waals surface area contributed by atoms with Gasteiger partial charge < -0.3 is 19.9 Å². The van der Waals surface area contributed by atoms with Crippen LogP contribution in [0.5, 0.6) is 5.75 Å². The van der Waals surface area contributed by atoms with Crippen molar-refractivity contribution in [1.82, 2.24) is 10.2 Å². The van der Waals surface area contributed by atoms with Gasteiger partial charge in [-0.3, -0.25) is 9.59 Å². The number of anilines is 1. The second-order valence-electron chi connectivity index (χ2n) is 6.92. The number of rotatable bonds is 3. The minimum absolute atomic E-state index is 0.0998. The normalized spacial score (nSPS) is 19.7. The van der Waals surface area contributed by atoms with Gasteiger partial charge in [-0.05, 0) is 38.5 Å². The Kier molecular flexibility index (Phi) is 4.49. The molecule has 2 aliphatic rings. The third-order valence-corrected chi connectivity index (χ3v) is 4.55. The van der Waals surface area contributed by atoms with Crippen molar-refractivity contribution in [3.05, 3.63) is 23.8 Å². The quantitative estimate of drug-likeness (QED) is 0.907. The molecule has 6 nitrogen and oxygen atoms in total. The van der Waals surface area contributed by atoms with E-state index in [9.17, 15) is 9.59 Å². The van der Waals surface area contributed by atoms with E-state index >= 15 is 0 Å². The molecule has 1 aromatic rings. The Morgan fingerprint density at radius 3 is 2.71 bits per heavy atom. The molecule has 0 saturated carbocycles. The summed E-state index contributed by atoms with van der Waals surface area (Å²) < 4.78 is 5.85. The van der Waals surface area contributed by atoms with Gasteiger partial charge in [0.1, 0.15) is 5.75 Å². The van der Waals surface area contributed by atoms with Crippen LogP contribution < -0.4 is 15.0 Å². The van der Waals surface area contributed by atoms with Crippen molar-refractivity contribution in [2.75, 3.05) is 37.6 Å². The zero-order chi connectivity index (χ0) is 17.3. The number of nitrogens with one attached hydrogen (secondary N) is 1. The Morgan fingerprint density at radius 2 is 2.00 bits per heavy atom. The van der Waals surface area contributed by atoms with Crippen LogP contribution in [0.2, 0.25) is 0 Å². The Morgan fingerprint density at radius 1 is 1.29 bits per heavy atom. The first-order chi connectivity index (χ1) is 11.4. The average Bonchev–Trinajstić information content (AvgIpc) is 2.56. The molecule has 0 aliphatic carbocycles. The molecule has 3 rings (SSSR count). The molecule has 1 aromatic carbocycles. The second-order valence-corrected chi connectivity index (χ2v) is 6.92. The van der Waals surface area contributed by atoms with Gasteiger partial charge in [-0.15, -0.1) is 0 Å². The van der Waals surface area contributed by atoms with Gasteiger partial charge >= 0.3 is 0 Å². The van der Waals surface area contributed by atoms with Gasteiger partial charge in [0.2, 0.25) is 5.91 Å². The molecule has 0 aromatic heterocycles. The smallest absolute Gasteiger partial charge is 0.270 e. The summed E-state index contributed by atoms with van der Waals surface area (Å²) in [6, 6.07) is 5.80. The van der Waals surface area contributed by atoms with Crippen LogP contribution in [0, 0.1) is 6.92 Å². The molecule has 0 unspecified atom stereocenters. The van der Waals surface area contributed by atoms with E-state index in [2.05, 4.69) is 5.32 Å². The number of amides is 2. The summed E-state index contributed by atoms with van der Waals surface area (Å²) in [6.45, 7) is 9.02. The summed E-state index contributed by atoms with van der Waals surface area (Å²) in [6.07, 6.45) is 0.329. The Labute approximate surface area is 142 Å². The highest BCUT2D eigenvalue weighted by Gasteiger charge is 2.41. The number of hydrogen-bond donors (Lipinski definition) is 1. The third-order valence-electron chi connectivity index (χ3n) is 4.55. The van der Waals surface area contributed by atoms with Crippen molar-refractivity contribution in [3.8, 4) is 5.75 Å². The van der Waals surface area contributed by atoms with Crippen LogP contribution in [0.25, 0.3) is 0 Å². The lowest BCUT2D eigenvalue weighted by Gasteiger charge is -2.39. The average molecular weight is 331 g/mol. The first-order valence-corrected chi connectivity index (χ1v) is 8.48. The van der Waals surface area contributed by atoms with E-state index in [0.717, 1.165) is 37.4 Å². The molecule has 1 fully saturated rings. The van der Waals surface area contributed by atoms with Crippen LogP contribution in [-0.4, -0.2) is 55.0 Å². The zero-order valence-corrected chi connectivity index (χ0v) is 14.6. The molecule has 0 spiro atoms. The first-order valence-electron chi connectivity index (χ1n) is 8.48. The molecule has 6 heteroatoms. The minimum Gasteiger partial charge on any atom is -0.476 e. The molecule has 0 radical (unpaired) electrons. The van der Waals surface area contributed by atoms with Crippen LogP contribution in [0.3, 0.4) is 0 Å². The van der Waals surface area contributed by atoms with Crippen molar-refractivity contribution in [1.29, 1.82) is 0 Å². The number of piperazine rings is 1. The number of carbonyl (C=O) groups excluding carboxylic acids is 2. The SMILES string of the molecule is Cc1ccc2c(c1)N(CCC(=O)N1CCNCC1)C(=O)C(C)(C)O2. The number of fused-ring (bicyclic) bond motifs is 1. The van der Waals surface area contributed by atoms with E-state index < -0.39 is 5.60 Å². The van der Waals surface area contributed by atoms with Gasteiger partial charge in [0, 0.05) is 39.1 Å². The van der Waals surface area contributed by atoms with E-state index in [1.807, 2.05) is 30.0 Å². The minimum atomic E-state index is -0.916. The van der Waals surface area contributed by atoms with Gasteiger partial charge in [0.15, 0.2) is 5.60 Å². The van der Waals surface area contributed by atoms with Crippen LogP contribution >= 0.6 is 0 Å². The van der Waals surface area contributed by atoms with Gasteiger partial charge in [-0.25, -0.2) is 0 Å². The zero-order valence-electron chi connectivity index (χ0n) is 14.6. The van der Waals surface area contributed by atoms with Crippen LogP contribution in [0.1, 0.15) is 25.8 Å². The molecular formula is C18H25N3O3. The fourth-order valence-electron chi connectivity index (χ4n) is 3.18. The largest absolute Gasteiger partial charge is 0.476 e. The van der Waals surface area contributed by atoms with Crippen molar-refractivity contribution in [2.24, 2.45) is 0 Å². The number of carbonyl (C=O) groups is 2. The summed E-state index contributed by atoms with van der Waals surface area (Å²) in [5.41, 5.74) is 0.899. The Balaban J connectivity index is 1.77. The number of benzene rings is 1. The number of hydrogen-bond acceptors (Lipinski definition) is 4. The fourth-order valence-corrected chi connectivity index (χ4v) is 3.18. The topological polar surface area (TPSA) is 61.9 Å². The lowest BCUT2D eigenvalue weighted by Crippen LogP contribution is -2.53. The standard InChI is InChI=1S/C18H25N3O3/c1-13-4-5-15-14(12-13)21(17(23)18(2,3)24-15)9-6-16(22)20-10-7-19-8-11-20/h4-5,12,19H,6-11H2,1-3H3. The molecule has 130 valence electrons. The summed E-state index contributed by atoms with van der Waals surface area (Å²) in [7, 11) is 0. The molecule has 2 aliphatic heterocycles. The third kappa shape index (κ3) is 3.24. The van der Waals surface area contributed by atoms with Crippen molar-refractivity contribution in [2.45, 2.75) is 32.8 Å². The summed E-state index contributed by atoms with van der Waals surface area (Å²) in [5, 5.41) is 3.24. The lowest BCUT2D eigenvalue weighted by atomic mass is 10.0. The van der Waals surface area contributed by atoms with E-state index in [-0.39, 0.29) is 11.8 Å². The van der Waals surface area contributed by atoms with Gasteiger partial charge in [0.05, 0.1) is 5.69 Å². The van der Waals surface area contributed by atoms with Crippen LogP contribution in [0.15, 0.2) is 18.2 Å². The molecule has 1 N–H and O–H groups in total. The van der Waals surface area contributed by atoms with Crippen LogP contribution in [-0.2, 0) is 9.59 Å². The molecule has 2 amide bonds. The maximum atomic E-state index is 12.8. The number of aryl methyl sites for hydroxylation is 1. The predicted molar refractivity (Wildman–Crippen MR) is 92.3 cm³/mol. The fraction of sp³-hybridized carbons (Fsp3) is 0.556. The van der Waals surface area contributed by atoms with Crippen LogP contribution in [0.4, 0.5) is 5.69 Å². The Bertz CT molecular complexity index is 651. The van der Waals surface area contributed by atoms with E-state index in [4.69, 9.17) is 4.74 Å². The summed E-state index contributed by atoms with van der Waals surface area (Å²) in [4.78, 5) is 28.8. The van der Waals surface area contributed by atoms with Gasteiger partial charge in [-0.2, -0.15) is 0 Å². The number of nitrogens with zero attached hydrogens (tertiary/aromatic N) is 2. The maximum Gasteiger partial charge on any atom is 0.270 e. The Hall–Kier alpha value is -2.08. The monoisotopic (exact) mass is 331 g/mol. The van der Waals surface area contributed by atoms with E-state index in [1.165, 1.54) is 0 Å². The maximum absolute atomic E-state index is 12.8. The molecule has 2 heterocycles.